The minimum absolute atomic E-state index is 0.117. The third-order valence-corrected chi connectivity index (χ3v) is 4.65. The van der Waals surface area contributed by atoms with Crippen molar-refractivity contribution >= 4 is 17.5 Å². The van der Waals surface area contributed by atoms with E-state index in [0.717, 1.165) is 25.9 Å². The third-order valence-electron chi connectivity index (χ3n) is 4.65. The van der Waals surface area contributed by atoms with Gasteiger partial charge in [-0.05, 0) is 49.4 Å². The number of piperidine rings is 1. The first kappa shape index (κ1) is 15.0. The predicted molar refractivity (Wildman–Crippen MR) is 81.6 cm³/mol. The molecule has 118 valence electrons. The topological polar surface area (TPSA) is 49.4 Å². The third kappa shape index (κ3) is 3.29. The minimum Gasteiger partial charge on any atom is -0.342 e. The molecule has 1 aliphatic heterocycles. The van der Waals surface area contributed by atoms with E-state index in [1.807, 2.05) is 4.90 Å². The van der Waals surface area contributed by atoms with Crippen molar-refractivity contribution in [2.45, 2.75) is 26.2 Å². The summed E-state index contributed by atoms with van der Waals surface area (Å²) in [5.41, 5.74) is 0.566. The maximum Gasteiger partial charge on any atom is 0.228 e. The number of likely N-dealkylation sites (tertiary alicyclic amines) is 1. The molecule has 1 saturated heterocycles. The summed E-state index contributed by atoms with van der Waals surface area (Å²) in [5.74, 6) is -0.0927. The van der Waals surface area contributed by atoms with Gasteiger partial charge in [0.25, 0.3) is 0 Å². The minimum atomic E-state index is -0.336. The molecular weight excluding hydrogens is 283 g/mol. The van der Waals surface area contributed by atoms with Crippen LogP contribution in [0.15, 0.2) is 24.3 Å². The van der Waals surface area contributed by atoms with Crippen LogP contribution in [0.1, 0.15) is 26.2 Å². The summed E-state index contributed by atoms with van der Waals surface area (Å²) in [4.78, 5) is 26.4. The number of amides is 2. The number of rotatable bonds is 3. The zero-order chi connectivity index (χ0) is 15.7. The number of nitrogens with one attached hydrogen (secondary N) is 1. The number of halogens is 1. The Hall–Kier alpha value is -1.91. The average molecular weight is 304 g/mol. The number of nitrogens with zero attached hydrogens (tertiary/aromatic N) is 1. The van der Waals surface area contributed by atoms with E-state index >= 15 is 0 Å². The van der Waals surface area contributed by atoms with E-state index in [1.165, 1.54) is 24.3 Å². The zero-order valence-electron chi connectivity index (χ0n) is 12.7. The Kier molecular flexibility index (Phi) is 4.14. The molecule has 0 radical (unpaired) electrons. The van der Waals surface area contributed by atoms with Crippen molar-refractivity contribution in [1.82, 2.24) is 4.90 Å². The van der Waals surface area contributed by atoms with Crippen molar-refractivity contribution in [3.63, 3.8) is 0 Å². The Morgan fingerprint density at radius 1 is 1.14 bits per heavy atom. The Labute approximate surface area is 129 Å². The van der Waals surface area contributed by atoms with Crippen LogP contribution in [-0.4, -0.2) is 29.8 Å². The van der Waals surface area contributed by atoms with E-state index in [9.17, 15) is 14.0 Å². The molecule has 4 nitrogen and oxygen atoms in total. The van der Waals surface area contributed by atoms with Crippen LogP contribution in [0.4, 0.5) is 10.1 Å². The molecule has 1 heterocycles. The standard InChI is InChI=1S/C17H21FN2O2/c1-11-6-8-20(9-7-11)17(22)15-10-14(15)16(21)19-13-4-2-12(18)3-5-13/h2-5,11,14-15H,6-10H2,1H3,(H,19,21). The first-order valence-electron chi connectivity index (χ1n) is 7.90. The zero-order valence-corrected chi connectivity index (χ0v) is 12.7. The molecule has 2 unspecified atom stereocenters. The highest BCUT2D eigenvalue weighted by Crippen LogP contribution is 2.41. The van der Waals surface area contributed by atoms with Gasteiger partial charge in [0, 0.05) is 18.8 Å². The smallest absolute Gasteiger partial charge is 0.228 e. The van der Waals surface area contributed by atoms with Gasteiger partial charge >= 0.3 is 0 Å². The maximum atomic E-state index is 12.8. The van der Waals surface area contributed by atoms with Crippen molar-refractivity contribution in [2.24, 2.45) is 17.8 Å². The molecule has 1 aromatic rings. The van der Waals surface area contributed by atoms with Crippen LogP contribution in [0.3, 0.4) is 0 Å². The van der Waals surface area contributed by atoms with Gasteiger partial charge in [-0.3, -0.25) is 9.59 Å². The molecule has 1 aromatic carbocycles. The highest BCUT2D eigenvalue weighted by atomic mass is 19.1. The largest absolute Gasteiger partial charge is 0.342 e. The Bertz CT molecular complexity index is 565. The van der Waals surface area contributed by atoms with E-state index in [1.54, 1.807) is 0 Å². The number of anilines is 1. The molecule has 1 N–H and O–H groups in total. The molecule has 1 aliphatic carbocycles. The number of carbonyl (C=O) groups is 2. The quantitative estimate of drug-likeness (QED) is 0.933. The van der Waals surface area contributed by atoms with Crippen LogP contribution in [0.2, 0.25) is 0 Å². The van der Waals surface area contributed by atoms with Crippen LogP contribution in [0.5, 0.6) is 0 Å². The summed E-state index contributed by atoms with van der Waals surface area (Å²) in [5, 5.41) is 2.75. The summed E-state index contributed by atoms with van der Waals surface area (Å²) in [7, 11) is 0. The number of hydrogen-bond acceptors (Lipinski definition) is 2. The lowest BCUT2D eigenvalue weighted by molar-refractivity contribution is -0.135. The number of benzene rings is 1. The number of carbonyl (C=O) groups excluding carboxylic acids is 2. The van der Waals surface area contributed by atoms with E-state index in [0.29, 0.717) is 18.0 Å². The van der Waals surface area contributed by atoms with Crippen LogP contribution in [0.25, 0.3) is 0 Å². The van der Waals surface area contributed by atoms with Gasteiger partial charge in [-0.15, -0.1) is 0 Å². The Morgan fingerprint density at radius 3 is 2.41 bits per heavy atom. The van der Waals surface area contributed by atoms with Crippen molar-refractivity contribution in [2.75, 3.05) is 18.4 Å². The molecular formula is C17H21FN2O2. The number of hydrogen-bond donors (Lipinski definition) is 1. The lowest BCUT2D eigenvalue weighted by Crippen LogP contribution is -2.39. The van der Waals surface area contributed by atoms with Gasteiger partial charge in [0.05, 0.1) is 11.8 Å². The molecule has 2 amide bonds. The van der Waals surface area contributed by atoms with E-state index in [4.69, 9.17) is 0 Å². The molecule has 2 fully saturated rings. The van der Waals surface area contributed by atoms with Crippen LogP contribution < -0.4 is 5.32 Å². The fraction of sp³-hybridized carbons (Fsp3) is 0.529. The van der Waals surface area contributed by atoms with Gasteiger partial charge in [-0.1, -0.05) is 6.92 Å². The fourth-order valence-electron chi connectivity index (χ4n) is 2.99. The van der Waals surface area contributed by atoms with Crippen LogP contribution >= 0.6 is 0 Å². The van der Waals surface area contributed by atoms with Gasteiger partial charge in [-0.25, -0.2) is 4.39 Å². The highest BCUT2D eigenvalue weighted by molar-refractivity contribution is 5.99. The van der Waals surface area contributed by atoms with Crippen molar-refractivity contribution in [1.29, 1.82) is 0 Å². The van der Waals surface area contributed by atoms with Crippen LogP contribution in [0, 0.1) is 23.6 Å². The lowest BCUT2D eigenvalue weighted by atomic mass is 9.99. The molecule has 0 aromatic heterocycles. The Balaban J connectivity index is 1.51. The molecule has 22 heavy (non-hydrogen) atoms. The molecule has 0 bridgehead atoms. The normalized spacial score (nSPS) is 24.9. The lowest BCUT2D eigenvalue weighted by Gasteiger charge is -2.30. The van der Waals surface area contributed by atoms with E-state index < -0.39 is 0 Å². The summed E-state index contributed by atoms with van der Waals surface area (Å²) in [6.07, 6.45) is 2.72. The summed E-state index contributed by atoms with van der Waals surface area (Å²) < 4.78 is 12.8. The fourth-order valence-corrected chi connectivity index (χ4v) is 2.99. The Morgan fingerprint density at radius 2 is 1.77 bits per heavy atom. The summed E-state index contributed by atoms with van der Waals surface area (Å²) >= 11 is 0. The highest BCUT2D eigenvalue weighted by Gasteiger charge is 2.49. The van der Waals surface area contributed by atoms with E-state index in [2.05, 4.69) is 12.2 Å². The second-order valence-electron chi connectivity index (χ2n) is 6.45. The second-order valence-corrected chi connectivity index (χ2v) is 6.45. The molecule has 0 spiro atoms. The summed E-state index contributed by atoms with van der Waals surface area (Å²) in [6.45, 7) is 3.82. The SMILES string of the molecule is CC1CCN(C(=O)C2CC2C(=O)Nc2ccc(F)cc2)CC1. The average Bonchev–Trinajstić information content (AvgIpc) is 3.30. The van der Waals surface area contributed by atoms with Crippen molar-refractivity contribution in [3.8, 4) is 0 Å². The summed E-state index contributed by atoms with van der Waals surface area (Å²) in [6, 6.07) is 5.66. The predicted octanol–water partition coefficient (Wildman–Crippen LogP) is 2.66. The van der Waals surface area contributed by atoms with E-state index in [-0.39, 0.29) is 29.5 Å². The van der Waals surface area contributed by atoms with Crippen molar-refractivity contribution < 1.29 is 14.0 Å². The molecule has 5 heteroatoms. The molecule has 3 rings (SSSR count). The first-order chi connectivity index (χ1) is 10.5. The van der Waals surface area contributed by atoms with Gasteiger partial charge in [0.2, 0.25) is 11.8 Å². The van der Waals surface area contributed by atoms with Gasteiger partial charge in [0.1, 0.15) is 5.82 Å². The first-order valence-corrected chi connectivity index (χ1v) is 7.90. The van der Waals surface area contributed by atoms with Gasteiger partial charge in [0.15, 0.2) is 0 Å². The maximum absolute atomic E-state index is 12.8. The van der Waals surface area contributed by atoms with Gasteiger partial charge in [-0.2, -0.15) is 0 Å². The van der Waals surface area contributed by atoms with Crippen LogP contribution in [-0.2, 0) is 9.59 Å². The monoisotopic (exact) mass is 304 g/mol. The molecule has 2 aliphatic rings. The molecule has 2 atom stereocenters. The van der Waals surface area contributed by atoms with Gasteiger partial charge < -0.3 is 10.2 Å². The molecule has 1 saturated carbocycles. The second kappa shape index (κ2) is 6.07. The van der Waals surface area contributed by atoms with Crippen molar-refractivity contribution in [3.05, 3.63) is 30.1 Å².